The van der Waals surface area contributed by atoms with Gasteiger partial charge >= 0.3 is 0 Å². The molecule has 1 aromatic carbocycles. The molecule has 0 spiro atoms. The Kier molecular flexibility index (Phi) is 2.73. The SMILES string of the molecule is CC/[C]=C\c1ccccc1O. The maximum Gasteiger partial charge on any atom is 0.122 e. The molecule has 0 fully saturated rings. The van der Waals surface area contributed by atoms with Gasteiger partial charge in [-0.3, -0.25) is 0 Å². The fraction of sp³-hybridized carbons (Fsp3) is 0.200. The van der Waals surface area contributed by atoms with E-state index in [2.05, 4.69) is 6.08 Å². The molecule has 1 heteroatoms. The molecule has 57 valence electrons. The Balaban J connectivity index is 2.86. The predicted molar refractivity (Wildman–Crippen MR) is 46.1 cm³/mol. The average molecular weight is 147 g/mol. The van der Waals surface area contributed by atoms with Crippen LogP contribution in [0.25, 0.3) is 6.08 Å². The van der Waals surface area contributed by atoms with Crippen molar-refractivity contribution in [3.8, 4) is 5.75 Å². The second kappa shape index (κ2) is 3.81. The number of benzene rings is 1. The van der Waals surface area contributed by atoms with Crippen LogP contribution in [-0.2, 0) is 0 Å². The standard InChI is InChI=1S/C10H11O/c1-2-3-6-9-7-4-5-8-10(9)11/h4-8,11H,2H2,1H3. The van der Waals surface area contributed by atoms with Crippen molar-refractivity contribution >= 4 is 6.08 Å². The number of aromatic hydroxyl groups is 1. The second-order valence-corrected chi connectivity index (χ2v) is 2.26. The molecule has 0 heterocycles. The van der Waals surface area contributed by atoms with Gasteiger partial charge in [-0.2, -0.15) is 0 Å². The summed E-state index contributed by atoms with van der Waals surface area (Å²) in [5.41, 5.74) is 0.828. The fourth-order valence-corrected chi connectivity index (χ4v) is 0.822. The lowest BCUT2D eigenvalue weighted by molar-refractivity contribution is 0.474. The number of hydrogen-bond acceptors (Lipinski definition) is 1. The Bertz CT molecular complexity index is 251. The fourth-order valence-electron chi connectivity index (χ4n) is 0.822. The lowest BCUT2D eigenvalue weighted by Crippen LogP contribution is -1.71. The lowest BCUT2D eigenvalue weighted by Gasteiger charge is -1.95. The molecule has 0 aliphatic rings. The second-order valence-electron chi connectivity index (χ2n) is 2.26. The Hall–Kier alpha value is -1.24. The molecular weight excluding hydrogens is 136 g/mol. The van der Waals surface area contributed by atoms with Crippen LogP contribution in [0, 0.1) is 6.08 Å². The van der Waals surface area contributed by atoms with Crippen LogP contribution in [0.15, 0.2) is 24.3 Å². The molecule has 0 atom stereocenters. The molecule has 11 heavy (non-hydrogen) atoms. The molecule has 1 radical (unpaired) electrons. The minimum Gasteiger partial charge on any atom is -0.507 e. The van der Waals surface area contributed by atoms with Gasteiger partial charge in [-0.05, 0) is 24.6 Å². The third kappa shape index (κ3) is 2.11. The predicted octanol–water partition coefficient (Wildman–Crippen LogP) is 2.62. The van der Waals surface area contributed by atoms with E-state index in [9.17, 15) is 5.11 Å². The third-order valence-corrected chi connectivity index (χ3v) is 1.40. The molecule has 0 saturated heterocycles. The quantitative estimate of drug-likeness (QED) is 0.681. The van der Waals surface area contributed by atoms with Crippen LogP contribution in [0.4, 0.5) is 0 Å². The maximum atomic E-state index is 9.27. The first-order valence-electron chi connectivity index (χ1n) is 3.69. The van der Waals surface area contributed by atoms with E-state index >= 15 is 0 Å². The zero-order valence-corrected chi connectivity index (χ0v) is 6.54. The first kappa shape index (κ1) is 7.86. The summed E-state index contributed by atoms with van der Waals surface area (Å²) in [7, 11) is 0. The van der Waals surface area contributed by atoms with Gasteiger partial charge in [0.1, 0.15) is 5.75 Å². The zero-order chi connectivity index (χ0) is 8.10. The summed E-state index contributed by atoms with van der Waals surface area (Å²) in [4.78, 5) is 0. The van der Waals surface area contributed by atoms with Gasteiger partial charge in [-0.1, -0.05) is 25.1 Å². The number of allylic oxidation sites excluding steroid dienone is 1. The number of para-hydroxylation sites is 1. The number of phenolic OH excluding ortho intramolecular Hbond substituents is 1. The van der Waals surface area contributed by atoms with Crippen molar-refractivity contribution in [1.82, 2.24) is 0 Å². The van der Waals surface area contributed by atoms with Crippen LogP contribution in [0.3, 0.4) is 0 Å². The number of rotatable bonds is 2. The minimum absolute atomic E-state index is 0.313. The Morgan fingerprint density at radius 2 is 2.18 bits per heavy atom. The summed E-state index contributed by atoms with van der Waals surface area (Å²) < 4.78 is 0. The van der Waals surface area contributed by atoms with Gasteiger partial charge in [0, 0.05) is 5.56 Å². The number of phenols is 1. The van der Waals surface area contributed by atoms with E-state index in [-0.39, 0.29) is 0 Å². The molecule has 0 unspecified atom stereocenters. The van der Waals surface area contributed by atoms with Crippen molar-refractivity contribution in [1.29, 1.82) is 0 Å². The van der Waals surface area contributed by atoms with Gasteiger partial charge in [-0.15, -0.1) is 0 Å². The summed E-state index contributed by atoms with van der Waals surface area (Å²) >= 11 is 0. The van der Waals surface area contributed by atoms with Crippen molar-refractivity contribution in [3.63, 3.8) is 0 Å². The molecule has 1 nitrogen and oxygen atoms in total. The van der Waals surface area contributed by atoms with Gasteiger partial charge in [0.15, 0.2) is 0 Å². The molecule has 1 aromatic rings. The molecule has 0 aliphatic heterocycles. The van der Waals surface area contributed by atoms with Crippen molar-refractivity contribution in [2.45, 2.75) is 13.3 Å². The lowest BCUT2D eigenvalue weighted by atomic mass is 10.2. The molecule has 1 N–H and O–H groups in total. The molecule has 0 bridgehead atoms. The first-order chi connectivity index (χ1) is 5.34. The van der Waals surface area contributed by atoms with Crippen LogP contribution < -0.4 is 0 Å². The Labute approximate surface area is 67.0 Å². The molecule has 0 saturated carbocycles. The smallest absolute Gasteiger partial charge is 0.122 e. The summed E-state index contributed by atoms with van der Waals surface area (Å²) in [6.07, 6.45) is 5.69. The highest BCUT2D eigenvalue weighted by Crippen LogP contribution is 2.16. The van der Waals surface area contributed by atoms with Gasteiger partial charge in [0.25, 0.3) is 0 Å². The summed E-state index contributed by atoms with van der Waals surface area (Å²) in [5, 5.41) is 9.27. The van der Waals surface area contributed by atoms with E-state index in [0.29, 0.717) is 5.75 Å². The van der Waals surface area contributed by atoms with Gasteiger partial charge < -0.3 is 5.11 Å². The van der Waals surface area contributed by atoms with Crippen molar-refractivity contribution in [3.05, 3.63) is 35.9 Å². The van der Waals surface area contributed by atoms with Crippen molar-refractivity contribution in [2.24, 2.45) is 0 Å². The Morgan fingerprint density at radius 3 is 2.82 bits per heavy atom. The summed E-state index contributed by atoms with van der Waals surface area (Å²) in [6.45, 7) is 2.01. The molecule has 0 aliphatic carbocycles. The highest BCUT2D eigenvalue weighted by Gasteiger charge is 1.91. The highest BCUT2D eigenvalue weighted by atomic mass is 16.3. The Morgan fingerprint density at radius 1 is 1.45 bits per heavy atom. The summed E-state index contributed by atoms with van der Waals surface area (Å²) in [5.74, 6) is 0.313. The topological polar surface area (TPSA) is 20.2 Å². The largest absolute Gasteiger partial charge is 0.507 e. The van der Waals surface area contributed by atoms with E-state index in [4.69, 9.17) is 0 Å². The van der Waals surface area contributed by atoms with E-state index in [0.717, 1.165) is 12.0 Å². The zero-order valence-electron chi connectivity index (χ0n) is 6.54. The normalized spacial score (nSPS) is 10.6. The average Bonchev–Trinajstić information content (AvgIpc) is 2.03. The van der Waals surface area contributed by atoms with E-state index in [1.54, 1.807) is 18.2 Å². The highest BCUT2D eigenvalue weighted by molar-refractivity contribution is 5.54. The molecule has 1 rings (SSSR count). The molecule has 0 amide bonds. The van der Waals surface area contributed by atoms with E-state index in [1.165, 1.54) is 0 Å². The van der Waals surface area contributed by atoms with Crippen LogP contribution in [0.5, 0.6) is 5.75 Å². The van der Waals surface area contributed by atoms with Crippen LogP contribution in [0.2, 0.25) is 0 Å². The third-order valence-electron chi connectivity index (χ3n) is 1.40. The van der Waals surface area contributed by atoms with Crippen LogP contribution >= 0.6 is 0 Å². The van der Waals surface area contributed by atoms with Crippen molar-refractivity contribution in [2.75, 3.05) is 0 Å². The van der Waals surface area contributed by atoms with Crippen LogP contribution in [0.1, 0.15) is 18.9 Å². The van der Waals surface area contributed by atoms with Crippen LogP contribution in [-0.4, -0.2) is 5.11 Å². The molecular formula is C10H11O. The van der Waals surface area contributed by atoms with Gasteiger partial charge in [-0.25, -0.2) is 0 Å². The van der Waals surface area contributed by atoms with Gasteiger partial charge in [0.2, 0.25) is 0 Å². The summed E-state index contributed by atoms with van der Waals surface area (Å²) in [6, 6.07) is 7.22. The van der Waals surface area contributed by atoms with E-state index in [1.807, 2.05) is 19.1 Å². The molecule has 0 aromatic heterocycles. The van der Waals surface area contributed by atoms with Gasteiger partial charge in [0.05, 0.1) is 0 Å². The monoisotopic (exact) mass is 147 g/mol. The number of hydrogen-bond donors (Lipinski definition) is 1. The van der Waals surface area contributed by atoms with Crippen molar-refractivity contribution < 1.29 is 5.11 Å². The maximum absolute atomic E-state index is 9.27. The minimum atomic E-state index is 0.313. The van der Waals surface area contributed by atoms with E-state index < -0.39 is 0 Å². The first-order valence-corrected chi connectivity index (χ1v) is 3.69.